The molecule has 36 heavy (non-hydrogen) atoms. The van der Waals surface area contributed by atoms with Crippen LogP contribution in [0.15, 0.2) is 66.7 Å². The zero-order valence-electron chi connectivity index (χ0n) is 20.9. The molecule has 0 spiro atoms. The molecule has 3 aromatic carbocycles. The molecule has 0 radical (unpaired) electrons. The molecule has 0 bridgehead atoms. The summed E-state index contributed by atoms with van der Waals surface area (Å²) in [4.78, 5) is 0. The van der Waals surface area contributed by atoms with Gasteiger partial charge in [-0.15, -0.1) is 0 Å². The van der Waals surface area contributed by atoms with Gasteiger partial charge in [0.15, 0.2) is 17.9 Å². The van der Waals surface area contributed by atoms with E-state index in [0.717, 1.165) is 31.2 Å². The van der Waals surface area contributed by atoms with Crippen LogP contribution < -0.4 is 0 Å². The van der Waals surface area contributed by atoms with Crippen LogP contribution in [0.25, 0.3) is 22.3 Å². The van der Waals surface area contributed by atoms with Crippen LogP contribution in [0.5, 0.6) is 0 Å². The summed E-state index contributed by atoms with van der Waals surface area (Å²) in [6.45, 7) is 4.84. The second kappa shape index (κ2) is 12.4. The minimum absolute atomic E-state index is 0.155. The van der Waals surface area contributed by atoms with Crippen molar-refractivity contribution in [1.29, 1.82) is 0 Å². The molecule has 0 amide bonds. The molecule has 0 N–H and O–H groups in total. The maximum absolute atomic E-state index is 15.0. The molecule has 1 aliphatic rings. The van der Waals surface area contributed by atoms with Crippen molar-refractivity contribution in [2.24, 2.45) is 0 Å². The SMILES string of the molecule is CC=CCCC1OCC(c2ccc(-c3ccc(-c4ccc(CCCC)c(F)c4F)cc3)cc2F)CO1. The van der Waals surface area contributed by atoms with Crippen molar-refractivity contribution in [3.8, 4) is 22.3 Å². The zero-order valence-corrected chi connectivity index (χ0v) is 20.9. The Hall–Kier alpha value is -2.89. The van der Waals surface area contributed by atoms with Gasteiger partial charge in [-0.05, 0) is 60.1 Å². The summed E-state index contributed by atoms with van der Waals surface area (Å²) in [5.41, 5.74) is 3.29. The van der Waals surface area contributed by atoms with Crippen LogP contribution in [0.2, 0.25) is 0 Å². The van der Waals surface area contributed by atoms with Gasteiger partial charge >= 0.3 is 0 Å². The molecule has 1 heterocycles. The van der Waals surface area contributed by atoms with Gasteiger partial charge in [-0.1, -0.05) is 74.0 Å². The lowest BCUT2D eigenvalue weighted by Gasteiger charge is -2.29. The zero-order chi connectivity index (χ0) is 25.5. The monoisotopic (exact) mass is 494 g/mol. The van der Waals surface area contributed by atoms with Gasteiger partial charge in [0.25, 0.3) is 0 Å². The highest BCUT2D eigenvalue weighted by molar-refractivity contribution is 5.71. The van der Waals surface area contributed by atoms with Crippen LogP contribution in [0.1, 0.15) is 56.6 Å². The van der Waals surface area contributed by atoms with Crippen LogP contribution in [0.4, 0.5) is 13.2 Å². The lowest BCUT2D eigenvalue weighted by atomic mass is 9.94. The lowest BCUT2D eigenvalue weighted by Crippen LogP contribution is -2.31. The summed E-state index contributed by atoms with van der Waals surface area (Å²) < 4.78 is 55.8. The van der Waals surface area contributed by atoms with Crippen molar-refractivity contribution in [3.63, 3.8) is 0 Å². The smallest absolute Gasteiger partial charge is 0.166 e. The quantitative estimate of drug-likeness (QED) is 0.277. The molecular formula is C31H33F3O2. The Kier molecular flexibility index (Phi) is 9.00. The van der Waals surface area contributed by atoms with Gasteiger partial charge in [-0.3, -0.25) is 0 Å². The Bertz CT molecular complexity index is 1180. The van der Waals surface area contributed by atoms with Gasteiger partial charge in [-0.2, -0.15) is 0 Å². The number of rotatable bonds is 9. The molecule has 5 heteroatoms. The molecule has 0 aliphatic carbocycles. The van der Waals surface area contributed by atoms with Gasteiger partial charge in [0, 0.05) is 17.9 Å². The predicted molar refractivity (Wildman–Crippen MR) is 138 cm³/mol. The molecule has 1 aliphatic heterocycles. The van der Waals surface area contributed by atoms with Crippen molar-refractivity contribution < 1.29 is 22.6 Å². The topological polar surface area (TPSA) is 18.5 Å². The number of ether oxygens (including phenoxy) is 2. The summed E-state index contributed by atoms with van der Waals surface area (Å²) >= 11 is 0. The number of hydrogen-bond acceptors (Lipinski definition) is 2. The Balaban J connectivity index is 1.44. The fraction of sp³-hybridized carbons (Fsp3) is 0.355. The van der Waals surface area contributed by atoms with E-state index in [1.807, 2.05) is 26.0 Å². The number of benzene rings is 3. The summed E-state index contributed by atoms with van der Waals surface area (Å²) in [6.07, 6.45) is 7.76. The third-order valence-electron chi connectivity index (χ3n) is 6.70. The van der Waals surface area contributed by atoms with Gasteiger partial charge in [0.05, 0.1) is 13.2 Å². The third kappa shape index (κ3) is 6.08. The summed E-state index contributed by atoms with van der Waals surface area (Å²) in [6, 6.07) is 15.5. The fourth-order valence-corrected chi connectivity index (χ4v) is 4.54. The minimum atomic E-state index is -0.826. The van der Waals surface area contributed by atoms with E-state index in [0.29, 0.717) is 41.9 Å². The maximum Gasteiger partial charge on any atom is 0.166 e. The maximum atomic E-state index is 15.0. The Morgan fingerprint density at radius 2 is 1.56 bits per heavy atom. The molecule has 0 unspecified atom stereocenters. The Morgan fingerprint density at radius 1 is 0.861 bits per heavy atom. The van der Waals surface area contributed by atoms with E-state index >= 15 is 4.39 Å². The fourth-order valence-electron chi connectivity index (χ4n) is 4.54. The largest absolute Gasteiger partial charge is 0.352 e. The standard InChI is InChI=1S/C31H33F3O2/c1-3-5-7-9-29-35-19-25(20-36-29)26-16-15-24(18-28(26)32)21-10-12-22(13-11-21)27-17-14-23(8-6-4-2)30(33)31(27)34/h3,5,10-18,25,29H,4,6-9,19-20H2,1-2H3. The van der Waals surface area contributed by atoms with Crippen LogP contribution >= 0.6 is 0 Å². The van der Waals surface area contributed by atoms with Crippen molar-refractivity contribution in [3.05, 3.63) is 95.3 Å². The first-order chi connectivity index (χ1) is 17.5. The first kappa shape index (κ1) is 26.2. The van der Waals surface area contributed by atoms with Crippen molar-refractivity contribution in [2.45, 2.75) is 58.2 Å². The number of unbranched alkanes of at least 4 members (excludes halogenated alkanes) is 1. The van der Waals surface area contributed by atoms with E-state index in [9.17, 15) is 8.78 Å². The molecule has 0 atom stereocenters. The second-order valence-corrected chi connectivity index (χ2v) is 9.26. The van der Waals surface area contributed by atoms with E-state index in [-0.39, 0.29) is 23.6 Å². The van der Waals surface area contributed by atoms with Crippen molar-refractivity contribution >= 4 is 0 Å². The van der Waals surface area contributed by atoms with E-state index in [1.54, 1.807) is 42.5 Å². The molecule has 2 nitrogen and oxygen atoms in total. The summed E-state index contributed by atoms with van der Waals surface area (Å²) in [7, 11) is 0. The minimum Gasteiger partial charge on any atom is -0.352 e. The van der Waals surface area contributed by atoms with Crippen molar-refractivity contribution in [2.75, 3.05) is 13.2 Å². The van der Waals surface area contributed by atoms with Gasteiger partial charge in [0.1, 0.15) is 5.82 Å². The molecule has 1 fully saturated rings. The Labute approximate surface area is 211 Å². The highest BCUT2D eigenvalue weighted by atomic mass is 19.2. The van der Waals surface area contributed by atoms with Gasteiger partial charge in [0.2, 0.25) is 0 Å². The normalized spacial score (nSPS) is 18.1. The van der Waals surface area contributed by atoms with E-state index < -0.39 is 11.6 Å². The number of aryl methyl sites for hydroxylation is 1. The Morgan fingerprint density at radius 3 is 2.22 bits per heavy atom. The molecular weight excluding hydrogens is 461 g/mol. The third-order valence-corrected chi connectivity index (χ3v) is 6.70. The van der Waals surface area contributed by atoms with Crippen LogP contribution in [-0.2, 0) is 15.9 Å². The molecule has 1 saturated heterocycles. The lowest BCUT2D eigenvalue weighted by molar-refractivity contribution is -0.189. The first-order valence-corrected chi connectivity index (χ1v) is 12.7. The molecule has 4 rings (SSSR count). The number of allylic oxidation sites excluding steroid dienone is 2. The number of halogens is 3. The highest BCUT2D eigenvalue weighted by Gasteiger charge is 2.25. The first-order valence-electron chi connectivity index (χ1n) is 12.7. The van der Waals surface area contributed by atoms with Crippen LogP contribution in [-0.4, -0.2) is 19.5 Å². The van der Waals surface area contributed by atoms with E-state index in [2.05, 4.69) is 6.08 Å². The highest BCUT2D eigenvalue weighted by Crippen LogP contribution is 2.32. The molecule has 3 aromatic rings. The van der Waals surface area contributed by atoms with Crippen molar-refractivity contribution in [1.82, 2.24) is 0 Å². The summed E-state index contributed by atoms with van der Waals surface area (Å²) in [5, 5.41) is 0. The average molecular weight is 495 g/mol. The molecule has 0 saturated carbocycles. The van der Waals surface area contributed by atoms with Gasteiger partial charge in [-0.25, -0.2) is 13.2 Å². The van der Waals surface area contributed by atoms with Gasteiger partial charge < -0.3 is 9.47 Å². The molecule has 190 valence electrons. The number of hydrogen-bond donors (Lipinski definition) is 0. The van der Waals surface area contributed by atoms with E-state index in [4.69, 9.17) is 9.47 Å². The summed E-state index contributed by atoms with van der Waals surface area (Å²) in [5.74, 6) is -2.07. The van der Waals surface area contributed by atoms with Crippen LogP contribution in [0.3, 0.4) is 0 Å². The van der Waals surface area contributed by atoms with Crippen LogP contribution in [0, 0.1) is 17.5 Å². The van der Waals surface area contributed by atoms with E-state index in [1.165, 1.54) is 6.07 Å². The predicted octanol–water partition coefficient (Wildman–Crippen LogP) is 8.59. The average Bonchev–Trinajstić information content (AvgIpc) is 2.90. The molecule has 0 aromatic heterocycles. The second-order valence-electron chi connectivity index (χ2n) is 9.26.